The van der Waals surface area contributed by atoms with Crippen LogP contribution in [0.15, 0.2) is 40.6 Å². The van der Waals surface area contributed by atoms with E-state index in [9.17, 15) is 12.8 Å². The monoisotopic (exact) mass is 314 g/mol. The Balaban J connectivity index is 2.22. The topological polar surface area (TPSA) is 72.2 Å². The van der Waals surface area contributed by atoms with Crippen molar-refractivity contribution < 1.29 is 12.8 Å². The second-order valence-electron chi connectivity index (χ2n) is 4.31. The second-order valence-corrected chi connectivity index (χ2v) is 6.99. The molecule has 0 aliphatic carbocycles. The molecule has 20 heavy (non-hydrogen) atoms. The van der Waals surface area contributed by atoms with Gasteiger partial charge in [0.05, 0.1) is 4.90 Å². The van der Waals surface area contributed by atoms with E-state index in [1.807, 2.05) is 0 Å². The number of thiophene rings is 1. The van der Waals surface area contributed by atoms with Gasteiger partial charge in [-0.15, -0.1) is 11.3 Å². The van der Waals surface area contributed by atoms with Gasteiger partial charge in [0.1, 0.15) is 5.82 Å². The van der Waals surface area contributed by atoms with E-state index in [2.05, 4.69) is 4.72 Å². The van der Waals surface area contributed by atoms with Crippen molar-refractivity contribution >= 4 is 21.4 Å². The van der Waals surface area contributed by atoms with Crippen LogP contribution >= 0.6 is 11.3 Å². The van der Waals surface area contributed by atoms with Crippen LogP contribution in [0.5, 0.6) is 0 Å². The molecule has 7 heteroatoms. The normalized spacial score (nSPS) is 13.3. The number of benzene rings is 1. The Morgan fingerprint density at radius 1 is 1.30 bits per heavy atom. The van der Waals surface area contributed by atoms with Gasteiger partial charge in [-0.25, -0.2) is 17.5 Å². The lowest BCUT2D eigenvalue weighted by molar-refractivity contribution is 0.566. The summed E-state index contributed by atoms with van der Waals surface area (Å²) in [6.07, 6.45) is 0. The van der Waals surface area contributed by atoms with Crippen LogP contribution < -0.4 is 10.5 Å². The number of halogens is 1. The fraction of sp³-hybridized carbons (Fsp3) is 0.231. The molecule has 4 nitrogen and oxygen atoms in total. The van der Waals surface area contributed by atoms with Gasteiger partial charge in [0.25, 0.3) is 0 Å². The van der Waals surface area contributed by atoms with Crippen LogP contribution in [-0.2, 0) is 16.6 Å². The van der Waals surface area contributed by atoms with E-state index in [0.29, 0.717) is 10.4 Å². The van der Waals surface area contributed by atoms with Gasteiger partial charge in [-0.3, -0.25) is 0 Å². The zero-order valence-electron chi connectivity index (χ0n) is 10.8. The van der Waals surface area contributed by atoms with E-state index < -0.39 is 16.1 Å². The van der Waals surface area contributed by atoms with E-state index >= 15 is 0 Å². The van der Waals surface area contributed by atoms with Gasteiger partial charge in [0.2, 0.25) is 10.0 Å². The van der Waals surface area contributed by atoms with Gasteiger partial charge in [0, 0.05) is 17.5 Å². The average Bonchev–Trinajstić information content (AvgIpc) is 2.88. The first-order valence-corrected chi connectivity index (χ1v) is 8.34. The van der Waals surface area contributed by atoms with Gasteiger partial charge in [0.15, 0.2) is 0 Å². The molecule has 3 N–H and O–H groups in total. The number of nitrogens with two attached hydrogens (primary N) is 1. The van der Waals surface area contributed by atoms with Gasteiger partial charge in [-0.05, 0) is 36.1 Å². The molecule has 1 aromatic carbocycles. The third-order valence-electron chi connectivity index (χ3n) is 2.88. The molecule has 1 aromatic heterocycles. The molecule has 0 aliphatic rings. The third-order valence-corrected chi connectivity index (χ3v) is 5.58. The van der Waals surface area contributed by atoms with Crippen molar-refractivity contribution in [3.05, 3.63) is 52.0 Å². The van der Waals surface area contributed by atoms with Crippen molar-refractivity contribution in [3.8, 4) is 0 Å². The number of hydrogen-bond donors (Lipinski definition) is 2. The van der Waals surface area contributed by atoms with Gasteiger partial charge >= 0.3 is 0 Å². The van der Waals surface area contributed by atoms with Crippen LogP contribution in [0, 0.1) is 5.82 Å². The summed E-state index contributed by atoms with van der Waals surface area (Å²) in [6, 6.07) is 6.80. The lowest BCUT2D eigenvalue weighted by atomic mass is 10.1. The van der Waals surface area contributed by atoms with Crippen LogP contribution in [-0.4, -0.2) is 8.42 Å². The van der Waals surface area contributed by atoms with Crippen LogP contribution in [0.3, 0.4) is 0 Å². The molecule has 108 valence electrons. The van der Waals surface area contributed by atoms with Crippen LogP contribution in [0.1, 0.15) is 23.4 Å². The minimum Gasteiger partial charge on any atom is -0.326 e. The molecule has 0 radical (unpaired) electrons. The molecular formula is C13H15FN2O2S2. The van der Waals surface area contributed by atoms with Crippen molar-refractivity contribution in [3.63, 3.8) is 0 Å². The Morgan fingerprint density at radius 3 is 2.55 bits per heavy atom. The quantitative estimate of drug-likeness (QED) is 0.890. The Morgan fingerprint density at radius 2 is 1.95 bits per heavy atom. The average molecular weight is 314 g/mol. The van der Waals surface area contributed by atoms with E-state index in [4.69, 9.17) is 5.73 Å². The molecule has 0 spiro atoms. The number of hydrogen-bond acceptors (Lipinski definition) is 4. The molecule has 2 aromatic rings. The Hall–Kier alpha value is -1.28. The molecule has 0 saturated carbocycles. The van der Waals surface area contributed by atoms with Crippen LogP contribution in [0.25, 0.3) is 0 Å². The first-order valence-electron chi connectivity index (χ1n) is 5.98. The highest BCUT2D eigenvalue weighted by Crippen LogP contribution is 2.23. The molecule has 1 heterocycles. The largest absolute Gasteiger partial charge is 0.326 e. The van der Waals surface area contributed by atoms with E-state index in [1.165, 1.54) is 29.5 Å². The van der Waals surface area contributed by atoms with E-state index in [-0.39, 0.29) is 17.3 Å². The Kier molecular flexibility index (Phi) is 4.54. The van der Waals surface area contributed by atoms with Crippen molar-refractivity contribution in [1.29, 1.82) is 0 Å². The first-order chi connectivity index (χ1) is 9.44. The van der Waals surface area contributed by atoms with Crippen molar-refractivity contribution in [2.45, 2.75) is 24.4 Å². The predicted molar refractivity (Wildman–Crippen MR) is 77.3 cm³/mol. The summed E-state index contributed by atoms with van der Waals surface area (Å²) in [5.74, 6) is -0.355. The maximum atomic E-state index is 12.9. The molecule has 2 rings (SSSR count). The standard InChI is InChI=1S/C13H15FN2O2S2/c1-9(10-2-4-11(14)5-3-10)16-20(17,18)13-6-7-19-12(13)8-15/h2-7,9,16H,8,15H2,1H3. The highest BCUT2D eigenvalue weighted by atomic mass is 32.2. The zero-order chi connectivity index (χ0) is 14.8. The van der Waals surface area contributed by atoms with Gasteiger partial charge in [-0.2, -0.15) is 0 Å². The Bertz CT molecular complexity index is 681. The third kappa shape index (κ3) is 3.24. The summed E-state index contributed by atoms with van der Waals surface area (Å²) >= 11 is 1.31. The summed E-state index contributed by atoms with van der Waals surface area (Å²) in [5.41, 5.74) is 6.22. The van der Waals surface area contributed by atoms with Gasteiger partial charge in [-0.1, -0.05) is 12.1 Å². The summed E-state index contributed by atoms with van der Waals surface area (Å²) in [5, 5.41) is 1.69. The van der Waals surface area contributed by atoms with Crippen molar-refractivity contribution in [2.24, 2.45) is 5.73 Å². The molecule has 1 unspecified atom stereocenters. The lowest BCUT2D eigenvalue weighted by Crippen LogP contribution is -2.27. The van der Waals surface area contributed by atoms with E-state index in [0.717, 1.165) is 0 Å². The number of nitrogens with one attached hydrogen (secondary N) is 1. The minimum absolute atomic E-state index is 0.179. The molecule has 0 amide bonds. The van der Waals surface area contributed by atoms with Crippen LogP contribution in [0.2, 0.25) is 0 Å². The molecular weight excluding hydrogens is 299 g/mol. The molecule has 0 fully saturated rings. The molecule has 0 saturated heterocycles. The first kappa shape index (κ1) is 15.1. The lowest BCUT2D eigenvalue weighted by Gasteiger charge is -2.14. The van der Waals surface area contributed by atoms with Gasteiger partial charge < -0.3 is 5.73 Å². The highest BCUT2D eigenvalue weighted by molar-refractivity contribution is 7.89. The zero-order valence-corrected chi connectivity index (χ0v) is 12.5. The summed E-state index contributed by atoms with van der Waals surface area (Å²) in [4.78, 5) is 0.822. The number of sulfonamides is 1. The van der Waals surface area contributed by atoms with Crippen molar-refractivity contribution in [1.82, 2.24) is 4.72 Å². The smallest absolute Gasteiger partial charge is 0.242 e. The SMILES string of the molecule is CC(NS(=O)(=O)c1ccsc1CN)c1ccc(F)cc1. The maximum absolute atomic E-state index is 12.9. The summed E-state index contributed by atoms with van der Waals surface area (Å²) in [6.45, 7) is 1.89. The van der Waals surface area contributed by atoms with E-state index in [1.54, 1.807) is 24.4 Å². The predicted octanol–water partition coefficient (Wildman–Crippen LogP) is 2.39. The highest BCUT2D eigenvalue weighted by Gasteiger charge is 2.22. The van der Waals surface area contributed by atoms with Crippen LogP contribution in [0.4, 0.5) is 4.39 Å². The summed E-state index contributed by atoms with van der Waals surface area (Å²) in [7, 11) is -3.63. The van der Waals surface area contributed by atoms with Crippen molar-refractivity contribution in [2.75, 3.05) is 0 Å². The fourth-order valence-corrected chi connectivity index (χ4v) is 4.40. The summed E-state index contributed by atoms with van der Waals surface area (Å²) < 4.78 is 40.0. The maximum Gasteiger partial charge on any atom is 0.242 e. The molecule has 0 aliphatic heterocycles. The fourth-order valence-electron chi connectivity index (χ4n) is 1.83. The Labute approximate surface area is 121 Å². The second kappa shape index (κ2) is 6.01. The minimum atomic E-state index is -3.63. The molecule has 0 bridgehead atoms. The number of rotatable bonds is 5. The molecule has 1 atom stereocenters.